The van der Waals surface area contributed by atoms with Gasteiger partial charge in [0.25, 0.3) is 5.91 Å². The van der Waals surface area contributed by atoms with Crippen LogP contribution in [-0.4, -0.2) is 45.7 Å². The van der Waals surface area contributed by atoms with Crippen LogP contribution in [0.3, 0.4) is 0 Å². The van der Waals surface area contributed by atoms with Crippen LogP contribution in [-0.2, 0) is 5.41 Å². The van der Waals surface area contributed by atoms with E-state index in [-0.39, 0.29) is 11.3 Å². The lowest BCUT2D eigenvalue weighted by Crippen LogP contribution is -2.39. The van der Waals surface area contributed by atoms with Gasteiger partial charge in [0.05, 0.1) is 23.0 Å². The highest BCUT2D eigenvalue weighted by Gasteiger charge is 2.26. The molecule has 0 unspecified atom stereocenters. The number of nitrogens with zero attached hydrogens (tertiary/aromatic N) is 4. The first kappa shape index (κ1) is 19.7. The second-order valence-electron chi connectivity index (χ2n) is 8.20. The van der Waals surface area contributed by atoms with Gasteiger partial charge < -0.3 is 9.64 Å². The van der Waals surface area contributed by atoms with Crippen LogP contribution < -0.4 is 4.74 Å². The van der Waals surface area contributed by atoms with E-state index in [1.54, 1.807) is 0 Å². The summed E-state index contributed by atoms with van der Waals surface area (Å²) in [4.78, 5) is 19.8. The lowest BCUT2D eigenvalue weighted by molar-refractivity contribution is 0.0662. The molecule has 2 aromatic rings. The first-order valence-electron chi connectivity index (χ1n) is 9.44. The van der Waals surface area contributed by atoms with Crippen molar-refractivity contribution in [3.8, 4) is 5.88 Å². The summed E-state index contributed by atoms with van der Waals surface area (Å²) < 4.78 is 5.83. The molecule has 1 aliphatic rings. The van der Waals surface area contributed by atoms with Gasteiger partial charge in [-0.2, -0.15) is 5.10 Å². The van der Waals surface area contributed by atoms with Crippen molar-refractivity contribution in [2.24, 2.45) is 5.92 Å². The van der Waals surface area contributed by atoms with Gasteiger partial charge in [0.2, 0.25) is 5.88 Å². The predicted molar refractivity (Wildman–Crippen MR) is 106 cm³/mol. The summed E-state index contributed by atoms with van der Waals surface area (Å²) in [6.07, 6.45) is 1.88. The van der Waals surface area contributed by atoms with E-state index in [1.807, 2.05) is 30.9 Å². The summed E-state index contributed by atoms with van der Waals surface area (Å²) in [7, 11) is 0. The zero-order valence-corrected chi connectivity index (χ0v) is 17.6. The van der Waals surface area contributed by atoms with Crippen molar-refractivity contribution in [2.75, 3.05) is 19.7 Å². The van der Waals surface area contributed by atoms with Crippen molar-refractivity contribution in [1.82, 2.24) is 20.1 Å². The zero-order chi connectivity index (χ0) is 19.6. The second-order valence-corrected chi connectivity index (χ2v) is 9.40. The Balaban J connectivity index is 1.48. The first-order valence-corrected chi connectivity index (χ1v) is 10.3. The molecule has 0 saturated carbocycles. The van der Waals surface area contributed by atoms with E-state index in [2.05, 4.69) is 36.0 Å². The molecule has 1 fully saturated rings. The Bertz CT molecular complexity index is 787. The van der Waals surface area contributed by atoms with E-state index < -0.39 is 0 Å². The summed E-state index contributed by atoms with van der Waals surface area (Å²) in [5, 5.41) is 9.38. The van der Waals surface area contributed by atoms with Crippen LogP contribution in [0.1, 0.15) is 59.7 Å². The lowest BCUT2D eigenvalue weighted by Gasteiger charge is -2.31. The van der Waals surface area contributed by atoms with E-state index in [0.717, 1.165) is 47.2 Å². The number of amides is 1. The number of ether oxygens (including phenoxy) is 1. The average Bonchev–Trinajstić information content (AvgIpc) is 2.97. The molecule has 146 valence electrons. The van der Waals surface area contributed by atoms with Crippen molar-refractivity contribution in [1.29, 1.82) is 0 Å². The third-order valence-corrected chi connectivity index (χ3v) is 5.94. The van der Waals surface area contributed by atoms with Crippen molar-refractivity contribution < 1.29 is 9.53 Å². The van der Waals surface area contributed by atoms with Crippen LogP contribution in [0, 0.1) is 19.8 Å². The average molecular weight is 389 g/mol. The number of aryl methyl sites for hydroxylation is 2. The third-order valence-electron chi connectivity index (χ3n) is 4.87. The van der Waals surface area contributed by atoms with Crippen molar-refractivity contribution in [3.05, 3.63) is 33.4 Å². The summed E-state index contributed by atoms with van der Waals surface area (Å²) >= 11 is 1.48. The molecule has 0 atom stereocenters. The number of thiazole rings is 1. The highest BCUT2D eigenvalue weighted by atomic mass is 32.1. The van der Waals surface area contributed by atoms with Gasteiger partial charge in [-0.05, 0) is 38.7 Å². The molecule has 27 heavy (non-hydrogen) atoms. The smallest absolute Gasteiger partial charge is 0.265 e. The molecule has 3 heterocycles. The van der Waals surface area contributed by atoms with E-state index in [9.17, 15) is 4.79 Å². The monoisotopic (exact) mass is 388 g/mol. The van der Waals surface area contributed by atoms with Gasteiger partial charge >= 0.3 is 0 Å². The Kier molecular flexibility index (Phi) is 5.79. The molecule has 0 radical (unpaired) electrons. The Morgan fingerprint density at radius 3 is 2.44 bits per heavy atom. The number of hydrogen-bond acceptors (Lipinski definition) is 6. The van der Waals surface area contributed by atoms with Crippen molar-refractivity contribution >= 4 is 17.2 Å². The van der Waals surface area contributed by atoms with Crippen LogP contribution in [0.4, 0.5) is 0 Å². The molecule has 1 amide bonds. The van der Waals surface area contributed by atoms with Gasteiger partial charge in [0, 0.05) is 24.6 Å². The first-order chi connectivity index (χ1) is 12.7. The second kappa shape index (κ2) is 7.92. The molecule has 0 aliphatic carbocycles. The van der Waals surface area contributed by atoms with Gasteiger partial charge in [0.1, 0.15) is 4.88 Å². The highest BCUT2D eigenvalue weighted by molar-refractivity contribution is 7.13. The molecular formula is C20H28N4O2S. The normalized spacial score (nSPS) is 15.8. The molecular weight excluding hydrogens is 360 g/mol. The topological polar surface area (TPSA) is 68.2 Å². The van der Waals surface area contributed by atoms with Gasteiger partial charge in [-0.1, -0.05) is 20.8 Å². The summed E-state index contributed by atoms with van der Waals surface area (Å²) in [5.41, 5.74) is 1.78. The Hall–Kier alpha value is -2.02. The lowest BCUT2D eigenvalue weighted by atomic mass is 9.92. The van der Waals surface area contributed by atoms with Crippen LogP contribution in [0.5, 0.6) is 5.88 Å². The predicted octanol–water partition coefficient (Wildman–Crippen LogP) is 3.78. The number of carbonyl (C=O) groups is 1. The van der Waals surface area contributed by atoms with Gasteiger partial charge in [-0.3, -0.25) is 4.79 Å². The van der Waals surface area contributed by atoms with Crippen molar-refractivity contribution in [3.63, 3.8) is 0 Å². The van der Waals surface area contributed by atoms with Crippen LogP contribution >= 0.6 is 11.3 Å². The number of rotatable bonds is 4. The number of hydrogen-bond donors (Lipinski definition) is 0. The van der Waals surface area contributed by atoms with Crippen LogP contribution in [0.25, 0.3) is 0 Å². The van der Waals surface area contributed by atoms with E-state index in [4.69, 9.17) is 4.74 Å². The number of aromatic nitrogens is 3. The number of carbonyl (C=O) groups excluding carboxylic acids is 1. The molecule has 0 bridgehead atoms. The van der Waals surface area contributed by atoms with Crippen LogP contribution in [0.2, 0.25) is 0 Å². The maximum absolute atomic E-state index is 12.7. The highest BCUT2D eigenvalue weighted by Crippen LogP contribution is 2.24. The SMILES string of the molecule is Cc1nc(C)c(C(=O)N2CCC(COc3ccc(C(C)(C)C)nn3)CC2)s1. The minimum Gasteiger partial charge on any atom is -0.476 e. The van der Waals surface area contributed by atoms with Crippen molar-refractivity contribution in [2.45, 2.75) is 52.9 Å². The number of likely N-dealkylation sites (tertiary alicyclic amines) is 1. The zero-order valence-electron chi connectivity index (χ0n) is 16.8. The summed E-state index contributed by atoms with van der Waals surface area (Å²) in [5.74, 6) is 1.11. The molecule has 0 N–H and O–H groups in total. The molecule has 6 nitrogen and oxygen atoms in total. The summed E-state index contributed by atoms with van der Waals surface area (Å²) in [6.45, 7) is 12.3. The fourth-order valence-electron chi connectivity index (χ4n) is 3.18. The van der Waals surface area contributed by atoms with E-state index >= 15 is 0 Å². The minimum atomic E-state index is -0.0140. The van der Waals surface area contributed by atoms with E-state index in [0.29, 0.717) is 18.4 Å². The van der Waals surface area contributed by atoms with Gasteiger partial charge in [-0.25, -0.2) is 4.98 Å². The fraction of sp³-hybridized carbons (Fsp3) is 0.600. The molecule has 7 heteroatoms. The molecule has 1 aliphatic heterocycles. The quantitative estimate of drug-likeness (QED) is 0.797. The van der Waals surface area contributed by atoms with Crippen LogP contribution in [0.15, 0.2) is 12.1 Å². The third kappa shape index (κ3) is 4.83. The van der Waals surface area contributed by atoms with Gasteiger partial charge in [0.15, 0.2) is 0 Å². The molecule has 2 aromatic heterocycles. The fourth-order valence-corrected chi connectivity index (χ4v) is 4.06. The molecule has 3 rings (SSSR count). The molecule has 0 aromatic carbocycles. The maximum atomic E-state index is 12.7. The Morgan fingerprint density at radius 1 is 1.22 bits per heavy atom. The summed E-state index contributed by atoms with van der Waals surface area (Å²) in [6, 6.07) is 3.87. The number of piperidine rings is 1. The molecule has 0 spiro atoms. The van der Waals surface area contributed by atoms with E-state index in [1.165, 1.54) is 11.3 Å². The minimum absolute atomic E-state index is 0.0140. The molecule has 1 saturated heterocycles. The van der Waals surface area contributed by atoms with Gasteiger partial charge in [-0.15, -0.1) is 16.4 Å². The largest absolute Gasteiger partial charge is 0.476 e. The Morgan fingerprint density at radius 2 is 1.93 bits per heavy atom. The standard InChI is InChI=1S/C20H28N4O2S/c1-13-18(27-14(2)21-13)19(25)24-10-8-15(9-11-24)12-26-17-7-6-16(22-23-17)20(3,4)5/h6-7,15H,8-12H2,1-5H3. The maximum Gasteiger partial charge on any atom is 0.265 e. The Labute approximate surface area is 165 Å².